The molecule has 2 N–H and O–H groups in total. The van der Waals surface area contributed by atoms with Gasteiger partial charge in [0.25, 0.3) is 0 Å². The summed E-state index contributed by atoms with van der Waals surface area (Å²) in [5.74, 6) is -1.56. The van der Waals surface area contributed by atoms with E-state index >= 15 is 0 Å². The van der Waals surface area contributed by atoms with Crippen molar-refractivity contribution in [3.8, 4) is 11.4 Å². The lowest BCUT2D eigenvalue weighted by molar-refractivity contribution is 0.504. The molecule has 0 saturated carbocycles. The van der Waals surface area contributed by atoms with Crippen LogP contribution in [0.15, 0.2) is 18.2 Å². The van der Waals surface area contributed by atoms with Gasteiger partial charge in [-0.1, -0.05) is 0 Å². The maximum Gasteiger partial charge on any atom is 0.205 e. The molecule has 0 amide bonds. The molecule has 0 fully saturated rings. The quantitative estimate of drug-likeness (QED) is 0.863. The van der Waals surface area contributed by atoms with Crippen LogP contribution in [0.3, 0.4) is 0 Å². The van der Waals surface area contributed by atoms with Crippen LogP contribution >= 0.6 is 0 Å². The predicted molar refractivity (Wildman–Crippen MR) is 56.8 cm³/mol. The van der Waals surface area contributed by atoms with Crippen LogP contribution in [-0.2, 0) is 6.54 Å². The summed E-state index contributed by atoms with van der Waals surface area (Å²) >= 11 is 0. The van der Waals surface area contributed by atoms with E-state index in [1.807, 2.05) is 0 Å². The number of benzene rings is 1. The summed E-state index contributed by atoms with van der Waals surface area (Å²) in [6, 6.07) is 3.48. The molecule has 0 saturated heterocycles. The van der Waals surface area contributed by atoms with Gasteiger partial charge in [-0.25, -0.2) is 8.78 Å². The van der Waals surface area contributed by atoms with Crippen LogP contribution in [0.1, 0.15) is 6.42 Å². The number of halogens is 2. The first-order chi connectivity index (χ1) is 8.20. The number of tetrazole rings is 1. The van der Waals surface area contributed by atoms with Gasteiger partial charge < -0.3 is 5.73 Å². The molecule has 2 aromatic rings. The molecular formula is C10H11F2N5. The van der Waals surface area contributed by atoms with Crippen LogP contribution < -0.4 is 5.73 Å². The van der Waals surface area contributed by atoms with E-state index in [4.69, 9.17) is 5.73 Å². The molecule has 7 heteroatoms. The third-order valence-electron chi connectivity index (χ3n) is 2.19. The third kappa shape index (κ3) is 2.62. The highest BCUT2D eigenvalue weighted by Crippen LogP contribution is 2.16. The van der Waals surface area contributed by atoms with Crippen molar-refractivity contribution in [1.82, 2.24) is 20.2 Å². The molecule has 2 rings (SSSR count). The van der Waals surface area contributed by atoms with Gasteiger partial charge in [0, 0.05) is 5.56 Å². The van der Waals surface area contributed by atoms with Crippen LogP contribution in [0.25, 0.3) is 11.4 Å². The molecular weight excluding hydrogens is 228 g/mol. The molecule has 0 aliphatic carbocycles. The SMILES string of the molecule is NCCCn1nnc(-c2ccc(F)c(F)c2)n1. The molecule has 0 bridgehead atoms. The van der Waals surface area contributed by atoms with Crippen molar-refractivity contribution in [2.75, 3.05) is 6.54 Å². The van der Waals surface area contributed by atoms with Crippen molar-refractivity contribution in [3.63, 3.8) is 0 Å². The molecule has 0 atom stereocenters. The summed E-state index contributed by atoms with van der Waals surface area (Å²) in [6.07, 6.45) is 0.730. The Morgan fingerprint density at radius 3 is 2.76 bits per heavy atom. The molecule has 1 aromatic carbocycles. The van der Waals surface area contributed by atoms with Crippen LogP contribution in [-0.4, -0.2) is 26.8 Å². The lowest BCUT2D eigenvalue weighted by Gasteiger charge is -1.96. The van der Waals surface area contributed by atoms with E-state index in [0.29, 0.717) is 18.7 Å². The van der Waals surface area contributed by atoms with E-state index in [1.165, 1.54) is 10.9 Å². The number of nitrogens with zero attached hydrogens (tertiary/aromatic N) is 4. The number of aryl methyl sites for hydroxylation is 1. The van der Waals surface area contributed by atoms with Gasteiger partial charge in [0.1, 0.15) is 0 Å². The number of hydrogen-bond donors (Lipinski definition) is 1. The minimum absolute atomic E-state index is 0.265. The average Bonchev–Trinajstić information content (AvgIpc) is 2.79. The predicted octanol–water partition coefficient (Wildman–Crippen LogP) is 0.967. The van der Waals surface area contributed by atoms with E-state index in [1.54, 1.807) is 0 Å². The van der Waals surface area contributed by atoms with Crippen LogP contribution in [0.2, 0.25) is 0 Å². The zero-order valence-electron chi connectivity index (χ0n) is 8.98. The monoisotopic (exact) mass is 239 g/mol. The molecule has 5 nitrogen and oxygen atoms in total. The Balaban J connectivity index is 2.21. The van der Waals surface area contributed by atoms with E-state index in [2.05, 4.69) is 15.4 Å². The molecule has 0 radical (unpaired) electrons. The summed E-state index contributed by atoms with van der Waals surface area (Å²) in [7, 11) is 0. The van der Waals surface area contributed by atoms with Gasteiger partial charge >= 0.3 is 0 Å². The number of aromatic nitrogens is 4. The Morgan fingerprint density at radius 2 is 2.06 bits per heavy atom. The minimum atomic E-state index is -0.930. The molecule has 1 aromatic heterocycles. The molecule has 17 heavy (non-hydrogen) atoms. The molecule has 1 heterocycles. The summed E-state index contributed by atoms with van der Waals surface area (Å²) < 4.78 is 25.7. The molecule has 0 aliphatic rings. The first kappa shape index (κ1) is 11.6. The normalized spacial score (nSPS) is 10.8. The molecule has 0 aliphatic heterocycles. The zero-order chi connectivity index (χ0) is 12.3. The first-order valence-corrected chi connectivity index (χ1v) is 5.14. The van der Waals surface area contributed by atoms with Gasteiger partial charge in [-0.15, -0.1) is 10.2 Å². The Kier molecular flexibility index (Phi) is 3.38. The van der Waals surface area contributed by atoms with Crippen molar-refractivity contribution in [1.29, 1.82) is 0 Å². The van der Waals surface area contributed by atoms with Crippen molar-refractivity contribution in [3.05, 3.63) is 29.8 Å². The summed E-state index contributed by atoms with van der Waals surface area (Å²) in [5.41, 5.74) is 5.74. The van der Waals surface area contributed by atoms with Gasteiger partial charge in [0.15, 0.2) is 11.6 Å². The number of hydrogen-bond acceptors (Lipinski definition) is 4. The van der Waals surface area contributed by atoms with Crippen molar-refractivity contribution in [2.45, 2.75) is 13.0 Å². The fraction of sp³-hybridized carbons (Fsp3) is 0.300. The third-order valence-corrected chi connectivity index (χ3v) is 2.19. The molecule has 0 spiro atoms. The van der Waals surface area contributed by atoms with Crippen molar-refractivity contribution >= 4 is 0 Å². The second kappa shape index (κ2) is 4.96. The fourth-order valence-electron chi connectivity index (χ4n) is 1.32. The van der Waals surface area contributed by atoms with E-state index in [9.17, 15) is 8.78 Å². The van der Waals surface area contributed by atoms with Gasteiger partial charge in [0.2, 0.25) is 5.82 Å². The maximum atomic E-state index is 13.0. The number of nitrogens with two attached hydrogens (primary N) is 1. The van der Waals surface area contributed by atoms with E-state index in [0.717, 1.165) is 18.6 Å². The first-order valence-electron chi connectivity index (χ1n) is 5.14. The van der Waals surface area contributed by atoms with Crippen LogP contribution in [0.5, 0.6) is 0 Å². The Bertz CT molecular complexity index is 511. The van der Waals surface area contributed by atoms with Crippen LogP contribution in [0.4, 0.5) is 8.78 Å². The average molecular weight is 239 g/mol. The maximum absolute atomic E-state index is 13.0. The fourth-order valence-corrected chi connectivity index (χ4v) is 1.32. The summed E-state index contributed by atoms with van der Waals surface area (Å²) in [6.45, 7) is 1.08. The van der Waals surface area contributed by atoms with Gasteiger partial charge in [-0.05, 0) is 36.4 Å². The van der Waals surface area contributed by atoms with Gasteiger partial charge in [-0.2, -0.15) is 4.80 Å². The standard InChI is InChI=1S/C10H11F2N5/c11-8-3-2-7(6-9(8)12)10-14-16-17(15-10)5-1-4-13/h2-3,6H,1,4-5,13H2. The Hall–Kier alpha value is -1.89. The zero-order valence-corrected chi connectivity index (χ0v) is 8.98. The molecule has 90 valence electrons. The van der Waals surface area contributed by atoms with Gasteiger partial charge in [0.05, 0.1) is 6.54 Å². The highest BCUT2D eigenvalue weighted by atomic mass is 19.2. The van der Waals surface area contributed by atoms with E-state index < -0.39 is 11.6 Å². The lowest BCUT2D eigenvalue weighted by Crippen LogP contribution is -2.08. The minimum Gasteiger partial charge on any atom is -0.330 e. The van der Waals surface area contributed by atoms with E-state index in [-0.39, 0.29) is 5.82 Å². The Labute approximate surface area is 96.2 Å². The largest absolute Gasteiger partial charge is 0.330 e. The smallest absolute Gasteiger partial charge is 0.205 e. The highest BCUT2D eigenvalue weighted by Gasteiger charge is 2.09. The summed E-state index contributed by atoms with van der Waals surface area (Å²) in [4.78, 5) is 1.38. The summed E-state index contributed by atoms with van der Waals surface area (Å²) in [5, 5.41) is 11.6. The molecule has 0 unspecified atom stereocenters. The lowest BCUT2D eigenvalue weighted by atomic mass is 10.2. The Morgan fingerprint density at radius 1 is 1.24 bits per heavy atom. The highest BCUT2D eigenvalue weighted by molar-refractivity contribution is 5.53. The topological polar surface area (TPSA) is 69.6 Å². The second-order valence-electron chi connectivity index (χ2n) is 3.48. The van der Waals surface area contributed by atoms with Crippen molar-refractivity contribution < 1.29 is 8.78 Å². The number of rotatable bonds is 4. The van der Waals surface area contributed by atoms with Crippen molar-refractivity contribution in [2.24, 2.45) is 5.73 Å². The second-order valence-corrected chi connectivity index (χ2v) is 3.48. The van der Waals surface area contributed by atoms with Gasteiger partial charge in [-0.3, -0.25) is 0 Å². The van der Waals surface area contributed by atoms with Crippen LogP contribution in [0, 0.1) is 11.6 Å².